The Bertz CT molecular complexity index is 1180. The normalized spacial score (nSPS) is 15.4. The van der Waals surface area contributed by atoms with Gasteiger partial charge in [-0.15, -0.1) is 0 Å². The van der Waals surface area contributed by atoms with E-state index in [2.05, 4.69) is 39.8 Å². The second kappa shape index (κ2) is 9.43. The first-order valence-corrected chi connectivity index (χ1v) is 11.7. The SMILES string of the molecule is Fc1ccc(Cn2c(C3CCN(CCc4ccc(Cl)cc4)CC3)nc3ccccc32)cc1. The lowest BCUT2D eigenvalue weighted by molar-refractivity contribution is 0.210. The molecule has 4 aromatic rings. The van der Waals surface area contributed by atoms with Gasteiger partial charge in [-0.2, -0.15) is 0 Å². The van der Waals surface area contributed by atoms with Crippen LogP contribution in [-0.4, -0.2) is 34.1 Å². The molecule has 0 N–H and O–H groups in total. The van der Waals surface area contributed by atoms with Crippen LogP contribution in [0.4, 0.5) is 4.39 Å². The molecule has 1 aliphatic rings. The van der Waals surface area contributed by atoms with E-state index in [4.69, 9.17) is 16.6 Å². The molecule has 0 radical (unpaired) electrons. The highest BCUT2D eigenvalue weighted by Gasteiger charge is 2.25. The molecule has 2 heterocycles. The number of benzene rings is 3. The highest BCUT2D eigenvalue weighted by Crippen LogP contribution is 2.31. The molecule has 0 bridgehead atoms. The standard InChI is InChI=1S/C27H27ClFN3/c28-23-9-5-20(6-10-23)13-16-31-17-14-22(15-18-31)27-30-25-3-1-2-4-26(25)32(27)19-21-7-11-24(29)12-8-21/h1-12,22H,13-19H2. The second-order valence-electron chi connectivity index (χ2n) is 8.66. The molecule has 0 amide bonds. The Kier molecular flexibility index (Phi) is 6.24. The Balaban J connectivity index is 1.29. The third-order valence-corrected chi connectivity index (χ3v) is 6.77. The molecule has 3 aromatic carbocycles. The van der Waals surface area contributed by atoms with Gasteiger partial charge in [0.15, 0.2) is 0 Å². The van der Waals surface area contributed by atoms with Gasteiger partial charge in [-0.3, -0.25) is 0 Å². The number of hydrogen-bond donors (Lipinski definition) is 0. The highest BCUT2D eigenvalue weighted by molar-refractivity contribution is 6.30. The van der Waals surface area contributed by atoms with E-state index in [0.717, 1.165) is 66.3 Å². The zero-order valence-corrected chi connectivity index (χ0v) is 18.8. The van der Waals surface area contributed by atoms with Crippen LogP contribution in [0.25, 0.3) is 11.0 Å². The number of fused-ring (bicyclic) bond motifs is 1. The number of piperidine rings is 1. The predicted octanol–water partition coefficient (Wildman–Crippen LogP) is 6.30. The maximum absolute atomic E-state index is 13.4. The monoisotopic (exact) mass is 447 g/mol. The van der Waals surface area contributed by atoms with Crippen molar-refractivity contribution in [3.63, 3.8) is 0 Å². The molecule has 1 aliphatic heterocycles. The number of likely N-dealkylation sites (tertiary alicyclic amines) is 1. The van der Waals surface area contributed by atoms with Gasteiger partial charge >= 0.3 is 0 Å². The first-order valence-electron chi connectivity index (χ1n) is 11.3. The molecule has 1 fully saturated rings. The van der Waals surface area contributed by atoms with Crippen LogP contribution in [0, 0.1) is 5.82 Å². The summed E-state index contributed by atoms with van der Waals surface area (Å²) < 4.78 is 15.7. The van der Waals surface area contributed by atoms with Gasteiger partial charge in [0, 0.05) is 24.0 Å². The summed E-state index contributed by atoms with van der Waals surface area (Å²) in [5.74, 6) is 1.40. The quantitative estimate of drug-likeness (QED) is 0.346. The van der Waals surface area contributed by atoms with E-state index in [1.54, 1.807) is 0 Å². The van der Waals surface area contributed by atoms with Crippen LogP contribution in [0.15, 0.2) is 72.8 Å². The lowest BCUT2D eigenvalue weighted by Crippen LogP contribution is -2.35. The average molecular weight is 448 g/mol. The van der Waals surface area contributed by atoms with Gasteiger partial charge < -0.3 is 9.47 Å². The number of rotatable bonds is 6. The fourth-order valence-electron chi connectivity index (χ4n) is 4.70. The number of hydrogen-bond acceptors (Lipinski definition) is 2. The smallest absolute Gasteiger partial charge is 0.123 e. The third kappa shape index (κ3) is 4.72. The van der Waals surface area contributed by atoms with Crippen molar-refractivity contribution in [3.8, 4) is 0 Å². The van der Waals surface area contributed by atoms with E-state index < -0.39 is 0 Å². The van der Waals surface area contributed by atoms with Crippen LogP contribution in [0.5, 0.6) is 0 Å². The summed E-state index contributed by atoms with van der Waals surface area (Å²) in [6.45, 7) is 3.95. The summed E-state index contributed by atoms with van der Waals surface area (Å²) in [5.41, 5.74) is 4.61. The molecule has 5 rings (SSSR count). The Morgan fingerprint density at radius 2 is 1.56 bits per heavy atom. The fraction of sp³-hybridized carbons (Fsp3) is 0.296. The van der Waals surface area contributed by atoms with Crippen molar-refractivity contribution in [2.75, 3.05) is 19.6 Å². The van der Waals surface area contributed by atoms with Crippen molar-refractivity contribution in [1.82, 2.24) is 14.5 Å². The minimum Gasteiger partial charge on any atom is -0.323 e. The van der Waals surface area contributed by atoms with Gasteiger partial charge in [0.1, 0.15) is 11.6 Å². The van der Waals surface area contributed by atoms with Gasteiger partial charge in [-0.1, -0.05) is 48.0 Å². The van der Waals surface area contributed by atoms with E-state index >= 15 is 0 Å². The first kappa shape index (κ1) is 21.2. The van der Waals surface area contributed by atoms with Gasteiger partial charge in [0.2, 0.25) is 0 Å². The fourth-order valence-corrected chi connectivity index (χ4v) is 4.82. The topological polar surface area (TPSA) is 21.1 Å². The summed E-state index contributed by atoms with van der Waals surface area (Å²) in [6.07, 6.45) is 3.26. The van der Waals surface area contributed by atoms with Crippen molar-refractivity contribution < 1.29 is 4.39 Å². The Morgan fingerprint density at radius 3 is 2.31 bits per heavy atom. The second-order valence-corrected chi connectivity index (χ2v) is 9.10. The lowest BCUT2D eigenvalue weighted by Gasteiger charge is -2.32. The molecule has 0 saturated carbocycles. The van der Waals surface area contributed by atoms with E-state index in [9.17, 15) is 4.39 Å². The number of imidazole rings is 1. The van der Waals surface area contributed by atoms with Gasteiger partial charge in [-0.05, 0) is 79.9 Å². The summed E-state index contributed by atoms with van der Waals surface area (Å²) in [7, 11) is 0. The summed E-state index contributed by atoms with van der Waals surface area (Å²) >= 11 is 6.00. The molecule has 0 atom stereocenters. The van der Waals surface area contributed by atoms with Crippen LogP contribution >= 0.6 is 11.6 Å². The van der Waals surface area contributed by atoms with E-state index in [0.29, 0.717) is 12.5 Å². The largest absolute Gasteiger partial charge is 0.323 e. The minimum absolute atomic E-state index is 0.199. The van der Waals surface area contributed by atoms with Crippen LogP contribution < -0.4 is 0 Å². The molecular formula is C27H27ClFN3. The predicted molar refractivity (Wildman–Crippen MR) is 129 cm³/mol. The van der Waals surface area contributed by atoms with Crippen LogP contribution in [-0.2, 0) is 13.0 Å². The maximum atomic E-state index is 13.4. The molecular weight excluding hydrogens is 421 g/mol. The zero-order chi connectivity index (χ0) is 21.9. The lowest BCUT2D eigenvalue weighted by atomic mass is 9.95. The van der Waals surface area contributed by atoms with Crippen molar-refractivity contribution in [3.05, 3.63) is 101 Å². The van der Waals surface area contributed by atoms with Crippen molar-refractivity contribution in [1.29, 1.82) is 0 Å². The van der Waals surface area contributed by atoms with Crippen molar-refractivity contribution in [2.45, 2.75) is 31.7 Å². The number of aromatic nitrogens is 2. The molecule has 0 aliphatic carbocycles. The molecule has 1 saturated heterocycles. The zero-order valence-electron chi connectivity index (χ0n) is 18.1. The van der Waals surface area contributed by atoms with Crippen molar-refractivity contribution >= 4 is 22.6 Å². The molecule has 0 unspecified atom stereocenters. The van der Waals surface area contributed by atoms with Gasteiger partial charge in [0.25, 0.3) is 0 Å². The minimum atomic E-state index is -0.199. The molecule has 3 nitrogen and oxygen atoms in total. The summed E-state index contributed by atoms with van der Waals surface area (Å²) in [5, 5.41) is 0.790. The van der Waals surface area contributed by atoms with Gasteiger partial charge in [0.05, 0.1) is 11.0 Å². The van der Waals surface area contributed by atoms with E-state index in [1.165, 1.54) is 17.7 Å². The molecule has 5 heteroatoms. The molecule has 32 heavy (non-hydrogen) atoms. The van der Waals surface area contributed by atoms with Crippen molar-refractivity contribution in [2.24, 2.45) is 0 Å². The average Bonchev–Trinajstić information content (AvgIpc) is 3.19. The van der Waals surface area contributed by atoms with E-state index in [1.807, 2.05) is 30.3 Å². The molecule has 164 valence electrons. The molecule has 1 aromatic heterocycles. The number of para-hydroxylation sites is 2. The Morgan fingerprint density at radius 1 is 0.875 bits per heavy atom. The van der Waals surface area contributed by atoms with E-state index in [-0.39, 0.29) is 5.82 Å². The summed E-state index contributed by atoms with van der Waals surface area (Å²) in [4.78, 5) is 7.59. The Hall–Kier alpha value is -2.69. The van der Waals surface area contributed by atoms with Crippen LogP contribution in [0.2, 0.25) is 5.02 Å². The maximum Gasteiger partial charge on any atom is 0.123 e. The third-order valence-electron chi connectivity index (χ3n) is 6.52. The molecule has 0 spiro atoms. The van der Waals surface area contributed by atoms with Gasteiger partial charge in [-0.25, -0.2) is 9.37 Å². The van der Waals surface area contributed by atoms with Crippen LogP contribution in [0.1, 0.15) is 35.7 Å². The summed E-state index contributed by atoms with van der Waals surface area (Å²) in [6, 6.07) is 23.3. The number of halogens is 2. The first-order chi connectivity index (χ1) is 15.7. The van der Waals surface area contributed by atoms with Crippen LogP contribution in [0.3, 0.4) is 0 Å². The Labute approximate surface area is 193 Å². The number of nitrogens with zero attached hydrogens (tertiary/aromatic N) is 3. The highest BCUT2D eigenvalue weighted by atomic mass is 35.5.